The molecular formula is C23H23FN4O2. The maximum Gasteiger partial charge on any atom is 0.229 e. The van der Waals surface area contributed by atoms with Gasteiger partial charge in [0.2, 0.25) is 5.91 Å². The third kappa shape index (κ3) is 3.01. The van der Waals surface area contributed by atoms with Gasteiger partial charge in [-0.15, -0.1) is 0 Å². The average molecular weight is 406 g/mol. The lowest BCUT2D eigenvalue weighted by molar-refractivity contribution is -0.118. The molecule has 4 N–H and O–H groups in total. The van der Waals surface area contributed by atoms with Gasteiger partial charge in [-0.2, -0.15) is 0 Å². The van der Waals surface area contributed by atoms with Gasteiger partial charge in [-0.25, -0.2) is 9.37 Å². The summed E-state index contributed by atoms with van der Waals surface area (Å²) in [7, 11) is 0. The molecule has 2 heterocycles. The number of amides is 1. The fourth-order valence-corrected chi connectivity index (χ4v) is 4.94. The summed E-state index contributed by atoms with van der Waals surface area (Å²) in [5.74, 6) is -0.0648. The Hall–Kier alpha value is -3.06. The van der Waals surface area contributed by atoms with E-state index in [0.29, 0.717) is 27.7 Å². The van der Waals surface area contributed by atoms with E-state index >= 15 is 0 Å². The normalized spacial score (nSPS) is 25.0. The molecule has 3 aromatic rings. The highest BCUT2D eigenvalue weighted by atomic mass is 19.1. The summed E-state index contributed by atoms with van der Waals surface area (Å²) < 4.78 is 15.0. The van der Waals surface area contributed by atoms with Crippen molar-refractivity contribution in [1.29, 1.82) is 0 Å². The van der Waals surface area contributed by atoms with Crippen LogP contribution in [0.15, 0.2) is 36.8 Å². The molecule has 0 radical (unpaired) electrons. The zero-order valence-electron chi connectivity index (χ0n) is 16.6. The van der Waals surface area contributed by atoms with Gasteiger partial charge in [0.25, 0.3) is 0 Å². The van der Waals surface area contributed by atoms with E-state index < -0.39 is 11.9 Å². The number of anilines is 2. The van der Waals surface area contributed by atoms with Gasteiger partial charge in [-0.1, -0.05) is 6.42 Å². The summed E-state index contributed by atoms with van der Waals surface area (Å²) in [6, 6.07) is 5.24. The highest BCUT2D eigenvalue weighted by molar-refractivity contribution is 6.00. The molecular weight excluding hydrogens is 383 g/mol. The van der Waals surface area contributed by atoms with Crippen LogP contribution in [0.25, 0.3) is 21.9 Å². The number of carbonyl (C=O) groups excluding carboxylic acids is 1. The second-order valence-electron chi connectivity index (χ2n) is 8.39. The molecule has 6 nitrogen and oxygen atoms in total. The smallest absolute Gasteiger partial charge is 0.229 e. The highest BCUT2D eigenvalue weighted by Gasteiger charge is 2.58. The second kappa shape index (κ2) is 7.02. The molecule has 1 amide bonds. The zero-order valence-corrected chi connectivity index (χ0v) is 16.6. The second-order valence-corrected chi connectivity index (χ2v) is 8.39. The van der Waals surface area contributed by atoms with Crippen molar-refractivity contribution < 1.29 is 14.3 Å². The van der Waals surface area contributed by atoms with Crippen molar-refractivity contribution in [2.45, 2.75) is 32.3 Å². The van der Waals surface area contributed by atoms with Gasteiger partial charge in [-0.05, 0) is 54.8 Å². The number of aliphatic hydroxyl groups is 1. The molecule has 4 atom stereocenters. The Morgan fingerprint density at radius 2 is 2.10 bits per heavy atom. The minimum Gasteiger partial charge on any atom is -0.396 e. The topological polar surface area (TPSA) is 101 Å². The predicted molar refractivity (Wildman–Crippen MR) is 113 cm³/mol. The minimum absolute atomic E-state index is 0.0208. The zero-order chi connectivity index (χ0) is 21.0. The van der Waals surface area contributed by atoms with Gasteiger partial charge in [0.15, 0.2) is 5.82 Å². The monoisotopic (exact) mass is 406 g/mol. The van der Waals surface area contributed by atoms with Crippen LogP contribution in [0, 0.1) is 30.5 Å². The Balaban J connectivity index is 1.47. The van der Waals surface area contributed by atoms with E-state index in [9.17, 15) is 14.3 Å². The molecule has 2 fully saturated rings. The van der Waals surface area contributed by atoms with Crippen molar-refractivity contribution in [3.05, 3.63) is 48.2 Å². The number of aromatic nitrogens is 2. The minimum atomic E-state index is -0.506. The van der Waals surface area contributed by atoms with Gasteiger partial charge in [0.1, 0.15) is 5.82 Å². The lowest BCUT2D eigenvalue weighted by Gasteiger charge is -2.14. The van der Waals surface area contributed by atoms with Crippen molar-refractivity contribution in [3.63, 3.8) is 0 Å². The lowest BCUT2D eigenvalue weighted by atomic mass is 9.98. The Morgan fingerprint density at radius 1 is 1.27 bits per heavy atom. The molecule has 2 aromatic heterocycles. The number of carbonyl (C=O) groups is 1. The number of halogens is 1. The van der Waals surface area contributed by atoms with Gasteiger partial charge < -0.3 is 16.2 Å². The Labute approximate surface area is 173 Å². The number of fused-ring (bicyclic) bond motifs is 2. The molecule has 0 bridgehead atoms. The number of aliphatic hydroxyl groups excluding tert-OH is 1. The fraction of sp³-hybridized carbons (Fsp3) is 0.348. The first kappa shape index (κ1) is 18.9. The van der Waals surface area contributed by atoms with Crippen LogP contribution in [0.4, 0.5) is 15.9 Å². The molecule has 0 spiro atoms. The molecule has 0 aliphatic heterocycles. The van der Waals surface area contributed by atoms with Crippen LogP contribution in [0.3, 0.4) is 0 Å². The molecule has 5 rings (SSSR count). The molecule has 2 aliphatic rings. The number of hydrogen-bond donors (Lipinski definition) is 3. The van der Waals surface area contributed by atoms with Gasteiger partial charge in [0.05, 0.1) is 11.8 Å². The Kier molecular flexibility index (Phi) is 4.43. The van der Waals surface area contributed by atoms with E-state index in [4.69, 9.17) is 5.73 Å². The number of benzene rings is 1. The maximum absolute atomic E-state index is 15.0. The first-order valence-electron chi connectivity index (χ1n) is 10.2. The summed E-state index contributed by atoms with van der Waals surface area (Å²) in [4.78, 5) is 21.1. The number of nitrogen functional groups attached to an aromatic ring is 1. The van der Waals surface area contributed by atoms with E-state index in [0.717, 1.165) is 24.8 Å². The Morgan fingerprint density at radius 3 is 2.87 bits per heavy atom. The number of pyridine rings is 2. The van der Waals surface area contributed by atoms with Gasteiger partial charge in [-0.3, -0.25) is 9.78 Å². The average Bonchev–Trinajstić information content (AvgIpc) is 3.47. The Bertz CT molecular complexity index is 1170. The van der Waals surface area contributed by atoms with Crippen LogP contribution in [0.5, 0.6) is 0 Å². The number of nitrogens with two attached hydrogens (primary N) is 1. The number of aryl methyl sites for hydroxylation is 1. The van der Waals surface area contributed by atoms with E-state index in [-0.39, 0.29) is 29.3 Å². The number of nitrogens with zero attached hydrogens (tertiary/aromatic N) is 2. The lowest BCUT2D eigenvalue weighted by Crippen LogP contribution is -2.19. The molecule has 2 aliphatic carbocycles. The quantitative estimate of drug-likeness (QED) is 0.576. The van der Waals surface area contributed by atoms with Crippen molar-refractivity contribution >= 4 is 28.2 Å². The van der Waals surface area contributed by atoms with Crippen LogP contribution in [0.2, 0.25) is 0 Å². The highest BCUT2D eigenvalue weighted by Crippen LogP contribution is 2.55. The van der Waals surface area contributed by atoms with E-state index in [1.165, 1.54) is 6.20 Å². The maximum atomic E-state index is 15.0. The molecule has 2 saturated carbocycles. The molecule has 0 saturated heterocycles. The van der Waals surface area contributed by atoms with Crippen molar-refractivity contribution in [2.24, 2.45) is 17.8 Å². The summed E-state index contributed by atoms with van der Waals surface area (Å²) in [6.45, 7) is 1.89. The van der Waals surface area contributed by atoms with Crippen molar-refractivity contribution in [2.75, 3.05) is 11.1 Å². The standard InChI is InChI=1S/C23H23FN4O2/c1-11-5-6-26-9-15(11)14-7-12-8-18(27-10-16(12)22(25)21(14)24)28-23(30)20-13-3-2-4-17(29)19(13)20/h5-10,13,17,19-20,29H,2-4,25H2,1H3,(H,27,28,30). The molecule has 30 heavy (non-hydrogen) atoms. The first-order chi connectivity index (χ1) is 14.5. The van der Waals surface area contributed by atoms with Crippen molar-refractivity contribution in [3.8, 4) is 11.1 Å². The van der Waals surface area contributed by atoms with Crippen molar-refractivity contribution in [1.82, 2.24) is 9.97 Å². The SMILES string of the molecule is Cc1ccncc1-c1cc2cc(NC(=O)C3C4CCCC(O)C43)ncc2c(N)c1F. The summed E-state index contributed by atoms with van der Waals surface area (Å²) >= 11 is 0. The summed E-state index contributed by atoms with van der Waals surface area (Å²) in [6.07, 6.45) is 7.07. The van der Waals surface area contributed by atoms with Crippen LogP contribution < -0.4 is 11.1 Å². The van der Waals surface area contributed by atoms with E-state index in [2.05, 4.69) is 15.3 Å². The third-order valence-electron chi connectivity index (χ3n) is 6.59. The first-order valence-corrected chi connectivity index (χ1v) is 10.2. The van der Waals surface area contributed by atoms with Crippen LogP contribution >= 0.6 is 0 Å². The van der Waals surface area contributed by atoms with Crippen LogP contribution in [-0.4, -0.2) is 27.1 Å². The third-order valence-corrected chi connectivity index (χ3v) is 6.59. The van der Waals surface area contributed by atoms with Gasteiger partial charge >= 0.3 is 0 Å². The number of nitrogens with one attached hydrogen (secondary N) is 1. The van der Waals surface area contributed by atoms with Crippen LogP contribution in [0.1, 0.15) is 24.8 Å². The van der Waals surface area contributed by atoms with Crippen LogP contribution in [-0.2, 0) is 4.79 Å². The largest absolute Gasteiger partial charge is 0.396 e. The molecule has 7 heteroatoms. The number of hydrogen-bond acceptors (Lipinski definition) is 5. The van der Waals surface area contributed by atoms with E-state index in [1.807, 2.05) is 13.0 Å². The molecule has 154 valence electrons. The molecule has 1 aromatic carbocycles. The summed E-state index contributed by atoms with van der Waals surface area (Å²) in [5, 5.41) is 14.2. The van der Waals surface area contributed by atoms with Gasteiger partial charge in [0, 0.05) is 46.9 Å². The number of rotatable bonds is 3. The molecule has 4 unspecified atom stereocenters. The fourth-order valence-electron chi connectivity index (χ4n) is 4.94. The predicted octanol–water partition coefficient (Wildman–Crippen LogP) is 3.67. The summed E-state index contributed by atoms with van der Waals surface area (Å²) in [5.41, 5.74) is 8.00. The van der Waals surface area contributed by atoms with E-state index in [1.54, 1.807) is 24.5 Å².